The SMILES string of the molecule is COC(=O)[C@H](N)c1cccc(F)c1Br. The summed E-state index contributed by atoms with van der Waals surface area (Å²) >= 11 is 3.02. The van der Waals surface area contributed by atoms with Crippen LogP contribution < -0.4 is 5.73 Å². The molecule has 0 aromatic heterocycles. The highest BCUT2D eigenvalue weighted by molar-refractivity contribution is 9.10. The fraction of sp³-hybridized carbons (Fsp3) is 0.222. The average molecular weight is 262 g/mol. The van der Waals surface area contributed by atoms with Gasteiger partial charge in [0.25, 0.3) is 0 Å². The minimum absolute atomic E-state index is 0.193. The van der Waals surface area contributed by atoms with Crippen molar-refractivity contribution in [3.05, 3.63) is 34.1 Å². The third-order valence-corrected chi connectivity index (χ3v) is 2.61. The first-order valence-electron chi connectivity index (χ1n) is 3.85. The molecule has 1 aromatic carbocycles. The number of halogens is 2. The first-order valence-corrected chi connectivity index (χ1v) is 4.64. The predicted octanol–water partition coefficient (Wildman–Crippen LogP) is 1.76. The van der Waals surface area contributed by atoms with Gasteiger partial charge in [-0.05, 0) is 27.6 Å². The second-order valence-corrected chi connectivity index (χ2v) is 3.44. The van der Waals surface area contributed by atoms with Crippen LogP contribution in [-0.2, 0) is 9.53 Å². The Balaban J connectivity index is 3.07. The molecule has 1 aromatic rings. The van der Waals surface area contributed by atoms with Crippen molar-refractivity contribution in [2.45, 2.75) is 6.04 Å². The molecule has 5 heteroatoms. The monoisotopic (exact) mass is 261 g/mol. The lowest BCUT2D eigenvalue weighted by Crippen LogP contribution is -2.23. The van der Waals surface area contributed by atoms with E-state index in [1.807, 2.05) is 0 Å². The van der Waals surface area contributed by atoms with Crippen molar-refractivity contribution in [2.75, 3.05) is 7.11 Å². The molecule has 0 amide bonds. The first-order chi connectivity index (χ1) is 6.57. The van der Waals surface area contributed by atoms with Crippen molar-refractivity contribution in [1.82, 2.24) is 0 Å². The summed E-state index contributed by atoms with van der Waals surface area (Å²) in [5.41, 5.74) is 5.92. The summed E-state index contributed by atoms with van der Waals surface area (Å²) < 4.78 is 17.7. The molecule has 0 radical (unpaired) electrons. The lowest BCUT2D eigenvalue weighted by atomic mass is 10.1. The Morgan fingerprint density at radius 1 is 1.64 bits per heavy atom. The lowest BCUT2D eigenvalue weighted by molar-refractivity contribution is -0.142. The number of benzene rings is 1. The Morgan fingerprint density at radius 3 is 2.86 bits per heavy atom. The normalized spacial score (nSPS) is 12.3. The van der Waals surface area contributed by atoms with Gasteiger partial charge in [0.15, 0.2) is 0 Å². The van der Waals surface area contributed by atoms with E-state index in [0.717, 1.165) is 0 Å². The Kier molecular flexibility index (Phi) is 3.60. The maximum absolute atomic E-state index is 13.1. The summed E-state index contributed by atoms with van der Waals surface area (Å²) in [4.78, 5) is 11.1. The summed E-state index contributed by atoms with van der Waals surface area (Å²) in [6, 6.07) is 3.36. The number of nitrogens with two attached hydrogens (primary N) is 1. The molecule has 0 bridgehead atoms. The van der Waals surface area contributed by atoms with Crippen LogP contribution in [0.5, 0.6) is 0 Å². The first kappa shape index (κ1) is 11.1. The van der Waals surface area contributed by atoms with E-state index in [4.69, 9.17) is 5.73 Å². The van der Waals surface area contributed by atoms with Crippen LogP contribution in [0.15, 0.2) is 22.7 Å². The molecule has 2 N–H and O–H groups in total. The van der Waals surface area contributed by atoms with E-state index in [1.54, 1.807) is 6.07 Å². The number of rotatable bonds is 2. The molecule has 1 rings (SSSR count). The van der Waals surface area contributed by atoms with Gasteiger partial charge in [-0.3, -0.25) is 4.79 Å². The summed E-state index contributed by atoms with van der Waals surface area (Å²) in [6.45, 7) is 0. The largest absolute Gasteiger partial charge is 0.468 e. The quantitative estimate of drug-likeness (QED) is 0.826. The van der Waals surface area contributed by atoms with E-state index < -0.39 is 17.8 Å². The molecule has 0 fully saturated rings. The summed E-state index contributed by atoms with van der Waals surface area (Å²) in [5.74, 6) is -1.06. The van der Waals surface area contributed by atoms with Crippen LogP contribution in [0.2, 0.25) is 0 Å². The topological polar surface area (TPSA) is 52.3 Å². The Bertz CT molecular complexity index is 357. The average Bonchev–Trinajstić information content (AvgIpc) is 2.20. The van der Waals surface area contributed by atoms with Gasteiger partial charge in [-0.2, -0.15) is 0 Å². The third-order valence-electron chi connectivity index (χ3n) is 1.77. The summed E-state index contributed by atoms with van der Waals surface area (Å²) in [5, 5.41) is 0. The number of methoxy groups -OCH3 is 1. The van der Waals surface area contributed by atoms with Gasteiger partial charge in [0, 0.05) is 0 Å². The molecular weight excluding hydrogens is 253 g/mol. The molecule has 0 aliphatic heterocycles. The van der Waals surface area contributed by atoms with Gasteiger partial charge in [0.05, 0.1) is 11.6 Å². The number of carbonyl (C=O) groups is 1. The molecule has 0 heterocycles. The second kappa shape index (κ2) is 4.52. The van der Waals surface area contributed by atoms with Crippen LogP contribution >= 0.6 is 15.9 Å². The molecule has 1 atom stereocenters. The van der Waals surface area contributed by atoms with Gasteiger partial charge in [0.1, 0.15) is 11.9 Å². The zero-order valence-corrected chi connectivity index (χ0v) is 9.05. The summed E-state index contributed by atoms with van der Waals surface area (Å²) in [7, 11) is 1.23. The van der Waals surface area contributed by atoms with Crippen molar-refractivity contribution in [1.29, 1.82) is 0 Å². The Hall–Kier alpha value is -0.940. The van der Waals surface area contributed by atoms with Gasteiger partial charge in [-0.1, -0.05) is 12.1 Å². The fourth-order valence-corrected chi connectivity index (χ4v) is 1.53. The van der Waals surface area contributed by atoms with E-state index in [9.17, 15) is 9.18 Å². The third kappa shape index (κ3) is 2.10. The molecule has 0 saturated heterocycles. The number of ether oxygens (including phenoxy) is 1. The lowest BCUT2D eigenvalue weighted by Gasteiger charge is -2.11. The molecule has 0 saturated carbocycles. The van der Waals surface area contributed by atoms with Crippen LogP contribution in [0.3, 0.4) is 0 Å². The minimum atomic E-state index is -0.968. The van der Waals surface area contributed by atoms with Crippen LogP contribution in [0.1, 0.15) is 11.6 Å². The van der Waals surface area contributed by atoms with Crippen molar-refractivity contribution >= 4 is 21.9 Å². The van der Waals surface area contributed by atoms with Crippen molar-refractivity contribution < 1.29 is 13.9 Å². The predicted molar refractivity (Wildman–Crippen MR) is 53.0 cm³/mol. The molecule has 0 aliphatic carbocycles. The maximum atomic E-state index is 13.1. The molecule has 14 heavy (non-hydrogen) atoms. The second-order valence-electron chi connectivity index (χ2n) is 2.64. The van der Waals surface area contributed by atoms with E-state index in [0.29, 0.717) is 5.56 Å². The van der Waals surface area contributed by atoms with Crippen molar-refractivity contribution in [2.24, 2.45) is 5.73 Å². The molecule has 0 spiro atoms. The van der Waals surface area contributed by atoms with E-state index in [-0.39, 0.29) is 4.47 Å². The number of hydrogen-bond acceptors (Lipinski definition) is 3. The van der Waals surface area contributed by atoms with Gasteiger partial charge in [-0.25, -0.2) is 4.39 Å². The van der Waals surface area contributed by atoms with Crippen LogP contribution in [0.4, 0.5) is 4.39 Å². The minimum Gasteiger partial charge on any atom is -0.468 e. The van der Waals surface area contributed by atoms with E-state index in [2.05, 4.69) is 20.7 Å². The van der Waals surface area contributed by atoms with Gasteiger partial charge < -0.3 is 10.5 Å². The van der Waals surface area contributed by atoms with E-state index in [1.165, 1.54) is 19.2 Å². The Labute approximate surface area is 89.2 Å². The summed E-state index contributed by atoms with van der Waals surface area (Å²) in [6.07, 6.45) is 0. The van der Waals surface area contributed by atoms with Gasteiger partial charge >= 0.3 is 5.97 Å². The van der Waals surface area contributed by atoms with Gasteiger partial charge in [0.2, 0.25) is 0 Å². The standard InChI is InChI=1S/C9H9BrFNO2/c1-14-9(13)8(12)5-3-2-4-6(11)7(5)10/h2-4,8H,12H2,1H3/t8-/m1/s1. The number of carbonyl (C=O) groups excluding carboxylic acids is 1. The maximum Gasteiger partial charge on any atom is 0.327 e. The van der Waals surface area contributed by atoms with Crippen molar-refractivity contribution in [3.63, 3.8) is 0 Å². The fourth-order valence-electron chi connectivity index (χ4n) is 1.01. The van der Waals surface area contributed by atoms with Crippen molar-refractivity contribution in [3.8, 4) is 0 Å². The number of esters is 1. The zero-order valence-electron chi connectivity index (χ0n) is 7.46. The zero-order chi connectivity index (χ0) is 10.7. The highest BCUT2D eigenvalue weighted by Crippen LogP contribution is 2.25. The molecule has 0 aliphatic rings. The van der Waals surface area contributed by atoms with Crippen LogP contribution in [-0.4, -0.2) is 13.1 Å². The number of hydrogen-bond donors (Lipinski definition) is 1. The molecule has 76 valence electrons. The molecule has 3 nitrogen and oxygen atoms in total. The van der Waals surface area contributed by atoms with Crippen LogP contribution in [0, 0.1) is 5.82 Å². The smallest absolute Gasteiger partial charge is 0.327 e. The van der Waals surface area contributed by atoms with Crippen LogP contribution in [0.25, 0.3) is 0 Å². The van der Waals surface area contributed by atoms with Gasteiger partial charge in [-0.15, -0.1) is 0 Å². The molecular formula is C9H9BrFNO2. The highest BCUT2D eigenvalue weighted by atomic mass is 79.9. The van der Waals surface area contributed by atoms with E-state index >= 15 is 0 Å². The highest BCUT2D eigenvalue weighted by Gasteiger charge is 2.20. The Morgan fingerprint density at radius 2 is 2.29 bits per heavy atom. The molecule has 0 unspecified atom stereocenters.